The van der Waals surface area contributed by atoms with Gasteiger partial charge < -0.3 is 10.6 Å². The van der Waals surface area contributed by atoms with Crippen LogP contribution >= 0.6 is 0 Å². The Balaban J connectivity index is 1.52. The molecule has 1 saturated heterocycles. The second-order valence-corrected chi connectivity index (χ2v) is 6.11. The summed E-state index contributed by atoms with van der Waals surface area (Å²) in [4.78, 5) is 25.9. The highest BCUT2D eigenvalue weighted by molar-refractivity contribution is 6.07. The van der Waals surface area contributed by atoms with Crippen molar-refractivity contribution in [2.24, 2.45) is 0 Å². The summed E-state index contributed by atoms with van der Waals surface area (Å²) in [6, 6.07) is 0.506. The van der Waals surface area contributed by atoms with Crippen LogP contribution in [0.1, 0.15) is 51.4 Å². The van der Waals surface area contributed by atoms with Crippen molar-refractivity contribution in [2.45, 2.75) is 62.9 Å². The molecule has 0 unspecified atom stereocenters. The van der Waals surface area contributed by atoms with Gasteiger partial charge in [-0.3, -0.25) is 9.69 Å². The molecule has 0 radical (unpaired) electrons. The van der Waals surface area contributed by atoms with Crippen molar-refractivity contribution in [3.05, 3.63) is 0 Å². The van der Waals surface area contributed by atoms with Crippen molar-refractivity contribution in [3.8, 4) is 0 Å². The minimum absolute atomic E-state index is 0.0172. The Morgan fingerprint density at radius 2 is 1.95 bits per heavy atom. The lowest BCUT2D eigenvalue weighted by atomic mass is 9.82. The Morgan fingerprint density at radius 3 is 2.63 bits per heavy atom. The predicted molar refractivity (Wildman–Crippen MR) is 71.7 cm³/mol. The molecule has 2 saturated carbocycles. The average Bonchev–Trinajstić information content (AvgIpc) is 3.19. The minimum Gasteiger partial charge on any atom is -0.323 e. The molecule has 3 amide bonds. The topological polar surface area (TPSA) is 61.4 Å². The smallest absolute Gasteiger partial charge is 0.323 e. The largest absolute Gasteiger partial charge is 0.325 e. The molecule has 5 nitrogen and oxygen atoms in total. The van der Waals surface area contributed by atoms with Crippen LogP contribution in [0, 0.1) is 0 Å². The van der Waals surface area contributed by atoms with Crippen LogP contribution in [0.5, 0.6) is 0 Å². The van der Waals surface area contributed by atoms with E-state index in [2.05, 4.69) is 10.6 Å². The van der Waals surface area contributed by atoms with Gasteiger partial charge in [0.1, 0.15) is 5.54 Å². The van der Waals surface area contributed by atoms with Gasteiger partial charge in [-0.1, -0.05) is 19.3 Å². The summed E-state index contributed by atoms with van der Waals surface area (Å²) in [7, 11) is 0. The van der Waals surface area contributed by atoms with E-state index in [9.17, 15) is 9.59 Å². The van der Waals surface area contributed by atoms with Crippen molar-refractivity contribution in [1.29, 1.82) is 0 Å². The van der Waals surface area contributed by atoms with Crippen LogP contribution in [0.4, 0.5) is 4.79 Å². The maximum absolute atomic E-state index is 12.5. The first kappa shape index (κ1) is 12.9. The molecule has 0 bridgehead atoms. The van der Waals surface area contributed by atoms with E-state index in [-0.39, 0.29) is 11.9 Å². The molecule has 0 aromatic carbocycles. The molecule has 1 aliphatic heterocycles. The number of carbonyl (C=O) groups excluding carboxylic acids is 2. The van der Waals surface area contributed by atoms with Gasteiger partial charge in [-0.2, -0.15) is 0 Å². The lowest BCUT2D eigenvalue weighted by molar-refractivity contribution is -0.132. The minimum atomic E-state index is -0.556. The Morgan fingerprint density at radius 1 is 1.21 bits per heavy atom. The van der Waals surface area contributed by atoms with Crippen molar-refractivity contribution in [1.82, 2.24) is 15.5 Å². The highest BCUT2D eigenvalue weighted by Gasteiger charge is 2.50. The summed E-state index contributed by atoms with van der Waals surface area (Å²) in [6.07, 6.45) is 8.29. The Bertz CT molecular complexity index is 373. The SMILES string of the molecule is O=C1NC2(CCCCC2)C(=O)N1CCCNC1CC1. The molecule has 2 N–H and O–H groups in total. The van der Waals surface area contributed by atoms with Gasteiger partial charge in [0, 0.05) is 12.6 Å². The zero-order valence-corrected chi connectivity index (χ0v) is 11.4. The van der Waals surface area contributed by atoms with Gasteiger partial charge in [0.05, 0.1) is 0 Å². The lowest BCUT2D eigenvalue weighted by Gasteiger charge is -2.30. The first-order chi connectivity index (χ1) is 9.21. The predicted octanol–water partition coefficient (Wildman–Crippen LogP) is 1.38. The number of nitrogens with one attached hydrogen (secondary N) is 2. The number of nitrogens with zero attached hydrogens (tertiary/aromatic N) is 1. The number of urea groups is 1. The third-order valence-corrected chi connectivity index (χ3v) is 4.52. The summed E-state index contributed by atoms with van der Waals surface area (Å²) >= 11 is 0. The quantitative estimate of drug-likeness (QED) is 0.583. The van der Waals surface area contributed by atoms with E-state index in [1.54, 1.807) is 0 Å². The van der Waals surface area contributed by atoms with E-state index in [0.29, 0.717) is 12.6 Å². The Hall–Kier alpha value is -1.10. The number of hydrogen-bond donors (Lipinski definition) is 2. The Labute approximate surface area is 114 Å². The molecule has 19 heavy (non-hydrogen) atoms. The molecule has 106 valence electrons. The zero-order chi connectivity index (χ0) is 13.3. The number of amides is 3. The summed E-state index contributed by atoms with van der Waals surface area (Å²) in [6.45, 7) is 1.45. The molecule has 3 rings (SSSR count). The molecule has 3 fully saturated rings. The highest BCUT2D eigenvalue weighted by atomic mass is 16.2. The molecule has 5 heteroatoms. The second-order valence-electron chi connectivity index (χ2n) is 6.11. The van der Waals surface area contributed by atoms with Crippen LogP contribution in [0.2, 0.25) is 0 Å². The fraction of sp³-hybridized carbons (Fsp3) is 0.857. The van der Waals surface area contributed by atoms with Crippen molar-refractivity contribution in [3.63, 3.8) is 0 Å². The summed E-state index contributed by atoms with van der Waals surface area (Å²) in [5, 5.41) is 6.36. The van der Waals surface area contributed by atoms with Gasteiger partial charge in [0.15, 0.2) is 0 Å². The summed E-state index contributed by atoms with van der Waals surface area (Å²) in [5.74, 6) is 0.0172. The van der Waals surface area contributed by atoms with Gasteiger partial charge in [0.25, 0.3) is 5.91 Å². The molecular formula is C14H23N3O2. The van der Waals surface area contributed by atoms with Gasteiger partial charge in [0.2, 0.25) is 0 Å². The Kier molecular flexibility index (Phi) is 3.48. The number of imide groups is 1. The molecular weight excluding hydrogens is 242 g/mol. The fourth-order valence-electron chi connectivity index (χ4n) is 3.20. The van der Waals surface area contributed by atoms with Crippen LogP contribution < -0.4 is 10.6 Å². The lowest BCUT2D eigenvalue weighted by Crippen LogP contribution is -2.48. The van der Waals surface area contributed by atoms with Gasteiger partial charge >= 0.3 is 6.03 Å². The van der Waals surface area contributed by atoms with Crippen LogP contribution in [0.15, 0.2) is 0 Å². The first-order valence-corrected chi connectivity index (χ1v) is 7.59. The molecule has 3 aliphatic rings. The average molecular weight is 265 g/mol. The third-order valence-electron chi connectivity index (χ3n) is 4.52. The second kappa shape index (κ2) is 5.12. The molecule has 1 heterocycles. The molecule has 1 spiro atoms. The van der Waals surface area contributed by atoms with Crippen molar-refractivity contribution in [2.75, 3.05) is 13.1 Å². The number of rotatable bonds is 5. The molecule has 0 aromatic heterocycles. The van der Waals surface area contributed by atoms with Gasteiger partial charge in [-0.05, 0) is 38.6 Å². The van der Waals surface area contributed by atoms with Crippen LogP contribution in [0.3, 0.4) is 0 Å². The standard InChI is InChI=1S/C14H23N3O2/c18-12-14(7-2-1-3-8-14)16-13(19)17(12)10-4-9-15-11-5-6-11/h11,15H,1-10H2,(H,16,19). The van der Waals surface area contributed by atoms with Gasteiger partial charge in [-0.15, -0.1) is 0 Å². The van der Waals surface area contributed by atoms with E-state index in [4.69, 9.17) is 0 Å². The van der Waals surface area contributed by atoms with Gasteiger partial charge in [-0.25, -0.2) is 4.79 Å². The summed E-state index contributed by atoms with van der Waals surface area (Å²) in [5.41, 5.74) is -0.556. The van der Waals surface area contributed by atoms with E-state index in [1.807, 2.05) is 0 Å². The third kappa shape index (κ3) is 2.61. The van der Waals surface area contributed by atoms with E-state index in [1.165, 1.54) is 24.2 Å². The van der Waals surface area contributed by atoms with Crippen LogP contribution in [-0.4, -0.2) is 41.5 Å². The number of carbonyl (C=O) groups is 2. The first-order valence-electron chi connectivity index (χ1n) is 7.59. The maximum atomic E-state index is 12.5. The zero-order valence-electron chi connectivity index (χ0n) is 11.4. The van der Waals surface area contributed by atoms with E-state index in [0.717, 1.165) is 38.6 Å². The number of hydrogen-bond acceptors (Lipinski definition) is 3. The monoisotopic (exact) mass is 265 g/mol. The molecule has 0 aromatic rings. The normalized spacial score (nSPS) is 26.0. The maximum Gasteiger partial charge on any atom is 0.325 e. The van der Waals surface area contributed by atoms with Crippen LogP contribution in [-0.2, 0) is 4.79 Å². The van der Waals surface area contributed by atoms with Crippen molar-refractivity contribution < 1.29 is 9.59 Å². The van der Waals surface area contributed by atoms with E-state index >= 15 is 0 Å². The van der Waals surface area contributed by atoms with E-state index < -0.39 is 5.54 Å². The molecule has 0 atom stereocenters. The fourth-order valence-corrected chi connectivity index (χ4v) is 3.20. The highest BCUT2D eigenvalue weighted by Crippen LogP contribution is 2.33. The molecule has 2 aliphatic carbocycles. The van der Waals surface area contributed by atoms with Crippen molar-refractivity contribution >= 4 is 11.9 Å². The summed E-state index contributed by atoms with van der Waals surface area (Å²) < 4.78 is 0. The van der Waals surface area contributed by atoms with Crippen LogP contribution in [0.25, 0.3) is 0 Å².